The largest absolute Gasteiger partial charge is 0.282 e. The van der Waals surface area contributed by atoms with Crippen LogP contribution >= 0.6 is 15.9 Å². The molecule has 3 aromatic heterocycles. The first-order valence-electron chi connectivity index (χ1n) is 7.42. The van der Waals surface area contributed by atoms with E-state index in [1.54, 1.807) is 30.3 Å². The molecule has 0 atom stereocenters. The molecule has 4 rings (SSSR count). The number of rotatable bonds is 1. The molecule has 0 unspecified atom stereocenters. The Balaban J connectivity index is 2.25. The van der Waals surface area contributed by atoms with Gasteiger partial charge in [0.25, 0.3) is 5.56 Å². The molecule has 0 aliphatic heterocycles. The number of benzene rings is 1. The maximum absolute atomic E-state index is 12.4. The monoisotopic (exact) mass is 402 g/mol. The lowest BCUT2D eigenvalue weighted by molar-refractivity contribution is 0.905. The van der Waals surface area contributed by atoms with Crippen LogP contribution < -0.4 is 5.56 Å². The van der Waals surface area contributed by atoms with Crippen molar-refractivity contribution in [3.05, 3.63) is 68.7 Å². The van der Waals surface area contributed by atoms with Crippen molar-refractivity contribution in [2.24, 2.45) is 0 Å². The molecule has 8 heteroatoms. The van der Waals surface area contributed by atoms with Gasteiger partial charge in [0.05, 0.1) is 5.39 Å². The lowest BCUT2D eigenvalue weighted by Gasteiger charge is -2.11. The van der Waals surface area contributed by atoms with Crippen molar-refractivity contribution in [1.29, 1.82) is 10.5 Å². The number of aromatic nitrogens is 4. The second-order valence-corrected chi connectivity index (χ2v) is 6.28. The molecule has 7 nitrogen and oxygen atoms in total. The first-order chi connectivity index (χ1) is 12.6. The Morgan fingerprint density at radius 3 is 2.54 bits per heavy atom. The van der Waals surface area contributed by atoms with Gasteiger partial charge in [-0.3, -0.25) is 4.79 Å². The second-order valence-electron chi connectivity index (χ2n) is 5.37. The molecule has 0 N–H and O–H groups in total. The predicted octanol–water partition coefficient (Wildman–Crippen LogP) is 2.81. The molecule has 0 saturated heterocycles. The maximum atomic E-state index is 12.4. The molecular formula is C18H7BrN6O. The van der Waals surface area contributed by atoms with Gasteiger partial charge in [-0.2, -0.15) is 25.1 Å². The minimum atomic E-state index is -0.518. The molecule has 0 aliphatic carbocycles. The molecule has 1 aromatic carbocycles. The van der Waals surface area contributed by atoms with E-state index in [9.17, 15) is 15.3 Å². The van der Waals surface area contributed by atoms with E-state index in [1.165, 1.54) is 10.7 Å². The van der Waals surface area contributed by atoms with Crippen LogP contribution in [0.5, 0.6) is 0 Å². The Labute approximate surface area is 154 Å². The number of hydrogen-bond acceptors (Lipinski definition) is 6. The fourth-order valence-electron chi connectivity index (χ4n) is 2.77. The topological polar surface area (TPSA) is 108 Å². The molecule has 0 bridgehead atoms. The summed E-state index contributed by atoms with van der Waals surface area (Å²) in [4.78, 5) is 20.7. The summed E-state index contributed by atoms with van der Waals surface area (Å²) in [6.07, 6.45) is 1.51. The molecule has 0 fully saturated rings. The standard InChI is InChI=1S/C18H7BrN6O/c19-11-6-12-16(22-9-11)25-17(23-18(12)26)13(7-20)15(14(8-21)24-25)10-4-2-1-3-5-10/h1-6,9H. The summed E-state index contributed by atoms with van der Waals surface area (Å²) in [5.41, 5.74) is 0.931. The van der Waals surface area contributed by atoms with Crippen LogP contribution in [0.2, 0.25) is 0 Å². The number of nitriles is 2. The average molecular weight is 403 g/mol. The number of hydrogen-bond donors (Lipinski definition) is 0. The summed E-state index contributed by atoms with van der Waals surface area (Å²) < 4.78 is 1.89. The van der Waals surface area contributed by atoms with E-state index in [0.29, 0.717) is 15.6 Å². The first kappa shape index (κ1) is 15.9. The number of nitrogens with zero attached hydrogens (tertiary/aromatic N) is 6. The summed E-state index contributed by atoms with van der Waals surface area (Å²) in [7, 11) is 0. The molecular weight excluding hydrogens is 396 g/mol. The van der Waals surface area contributed by atoms with Crippen molar-refractivity contribution < 1.29 is 0 Å². The molecule has 0 amide bonds. The number of fused-ring (bicyclic) bond motifs is 3. The van der Waals surface area contributed by atoms with Crippen LogP contribution in [0.1, 0.15) is 11.3 Å². The molecule has 3 heterocycles. The summed E-state index contributed by atoms with van der Waals surface area (Å²) >= 11 is 3.27. The highest BCUT2D eigenvalue weighted by Crippen LogP contribution is 2.28. The third kappa shape index (κ3) is 2.32. The fourth-order valence-corrected chi connectivity index (χ4v) is 3.10. The Morgan fingerprint density at radius 1 is 1.08 bits per heavy atom. The molecule has 122 valence electrons. The van der Waals surface area contributed by atoms with Crippen molar-refractivity contribution in [2.45, 2.75) is 0 Å². The first-order valence-corrected chi connectivity index (χ1v) is 8.21. The van der Waals surface area contributed by atoms with Crippen LogP contribution in [0.4, 0.5) is 0 Å². The van der Waals surface area contributed by atoms with E-state index in [-0.39, 0.29) is 27.9 Å². The van der Waals surface area contributed by atoms with Gasteiger partial charge in [-0.05, 0) is 27.6 Å². The second kappa shape index (κ2) is 6.03. The maximum Gasteiger partial charge on any atom is 0.282 e. The molecule has 0 spiro atoms. The SMILES string of the molecule is N#Cc1nn2c(nc(=O)c3cc(Br)cnc32)c(C#N)c1-c1ccccc1. The van der Waals surface area contributed by atoms with E-state index in [0.717, 1.165) is 0 Å². The zero-order valence-electron chi connectivity index (χ0n) is 13.0. The van der Waals surface area contributed by atoms with Gasteiger partial charge in [-0.25, -0.2) is 4.98 Å². The van der Waals surface area contributed by atoms with E-state index in [4.69, 9.17) is 0 Å². The Kier molecular flexibility index (Phi) is 3.68. The summed E-state index contributed by atoms with van der Waals surface area (Å²) in [6, 6.07) is 14.6. The van der Waals surface area contributed by atoms with Crippen LogP contribution in [0.25, 0.3) is 27.8 Å². The molecule has 0 radical (unpaired) electrons. The minimum absolute atomic E-state index is 0.0525. The van der Waals surface area contributed by atoms with Gasteiger partial charge in [0.15, 0.2) is 17.0 Å². The summed E-state index contributed by atoms with van der Waals surface area (Å²) in [6.45, 7) is 0. The predicted molar refractivity (Wildman–Crippen MR) is 97.1 cm³/mol. The van der Waals surface area contributed by atoms with Crippen molar-refractivity contribution >= 4 is 32.6 Å². The summed E-state index contributed by atoms with van der Waals surface area (Å²) in [5.74, 6) is 0. The van der Waals surface area contributed by atoms with Crippen LogP contribution in [0.15, 0.2) is 51.9 Å². The number of pyridine rings is 1. The molecule has 0 saturated carbocycles. The average Bonchev–Trinajstić information content (AvgIpc) is 2.67. The molecule has 0 aliphatic rings. The zero-order valence-corrected chi connectivity index (χ0v) is 14.6. The quantitative estimate of drug-likeness (QED) is 0.453. The lowest BCUT2D eigenvalue weighted by atomic mass is 10.00. The Hall–Kier alpha value is -3.62. The van der Waals surface area contributed by atoms with Gasteiger partial charge in [-0.1, -0.05) is 30.3 Å². The molecule has 4 aromatic rings. The van der Waals surface area contributed by atoms with Crippen molar-refractivity contribution in [3.8, 4) is 23.3 Å². The highest BCUT2D eigenvalue weighted by atomic mass is 79.9. The van der Waals surface area contributed by atoms with Gasteiger partial charge < -0.3 is 0 Å². The van der Waals surface area contributed by atoms with E-state index < -0.39 is 5.56 Å². The third-order valence-corrected chi connectivity index (χ3v) is 4.30. The van der Waals surface area contributed by atoms with Crippen LogP contribution in [0.3, 0.4) is 0 Å². The van der Waals surface area contributed by atoms with Crippen molar-refractivity contribution in [3.63, 3.8) is 0 Å². The van der Waals surface area contributed by atoms with E-state index in [2.05, 4.69) is 37.1 Å². The molecule has 26 heavy (non-hydrogen) atoms. The van der Waals surface area contributed by atoms with Crippen LogP contribution in [0, 0.1) is 22.7 Å². The van der Waals surface area contributed by atoms with Crippen LogP contribution in [-0.4, -0.2) is 19.6 Å². The van der Waals surface area contributed by atoms with Gasteiger partial charge in [-0.15, -0.1) is 0 Å². The highest BCUT2D eigenvalue weighted by Gasteiger charge is 2.20. The van der Waals surface area contributed by atoms with Crippen LogP contribution in [-0.2, 0) is 0 Å². The van der Waals surface area contributed by atoms with Gasteiger partial charge in [0.2, 0.25) is 0 Å². The third-order valence-electron chi connectivity index (χ3n) is 3.86. The highest BCUT2D eigenvalue weighted by molar-refractivity contribution is 9.10. The van der Waals surface area contributed by atoms with E-state index in [1.807, 2.05) is 12.1 Å². The van der Waals surface area contributed by atoms with Crippen molar-refractivity contribution in [2.75, 3.05) is 0 Å². The normalized spacial score (nSPS) is 10.6. The Morgan fingerprint density at radius 2 is 1.85 bits per heavy atom. The minimum Gasteiger partial charge on any atom is -0.267 e. The fraction of sp³-hybridized carbons (Fsp3) is 0. The number of halogens is 1. The van der Waals surface area contributed by atoms with Gasteiger partial charge >= 0.3 is 0 Å². The smallest absolute Gasteiger partial charge is 0.267 e. The van der Waals surface area contributed by atoms with Gasteiger partial charge in [0, 0.05) is 16.2 Å². The van der Waals surface area contributed by atoms with Crippen molar-refractivity contribution in [1.82, 2.24) is 19.6 Å². The Bertz CT molecular complexity index is 1330. The summed E-state index contributed by atoms with van der Waals surface area (Å²) in [5, 5.41) is 23.9. The zero-order chi connectivity index (χ0) is 18.3. The van der Waals surface area contributed by atoms with Gasteiger partial charge in [0.1, 0.15) is 17.7 Å². The van der Waals surface area contributed by atoms with E-state index >= 15 is 0 Å². The lowest BCUT2D eigenvalue weighted by Crippen LogP contribution is -2.16.